The van der Waals surface area contributed by atoms with E-state index in [4.69, 9.17) is 0 Å². The molecular weight excluding hydrogens is 302 g/mol. The van der Waals surface area contributed by atoms with Crippen LogP contribution in [0.2, 0.25) is 0 Å². The lowest BCUT2D eigenvalue weighted by atomic mass is 10.0. The van der Waals surface area contributed by atoms with E-state index in [9.17, 15) is 0 Å². The van der Waals surface area contributed by atoms with Crippen LogP contribution in [0.1, 0.15) is 30.7 Å². The summed E-state index contributed by atoms with van der Waals surface area (Å²) in [7, 11) is 1.92. The molecule has 7 heteroatoms. The van der Waals surface area contributed by atoms with Crippen molar-refractivity contribution >= 4 is 16.9 Å². The Balaban J connectivity index is 1.70. The standard InChI is InChI=1S/C17H23N7/c1-12-8-13(2)24(21-12)10-14-6-4-5-7-23(14)17-15-9-20-22(3)16(15)18-11-19-17/h8-9,11,14H,4-7,10H2,1-3H3/t14-/m0/s1. The minimum Gasteiger partial charge on any atom is -0.351 e. The zero-order chi connectivity index (χ0) is 16.7. The number of piperidine rings is 1. The maximum atomic E-state index is 4.64. The van der Waals surface area contributed by atoms with Crippen molar-refractivity contribution in [2.75, 3.05) is 11.4 Å². The molecular formula is C17H23N7. The van der Waals surface area contributed by atoms with Crippen LogP contribution in [-0.2, 0) is 13.6 Å². The summed E-state index contributed by atoms with van der Waals surface area (Å²) < 4.78 is 3.93. The van der Waals surface area contributed by atoms with Crippen LogP contribution in [0, 0.1) is 13.8 Å². The third-order valence-corrected chi connectivity index (χ3v) is 4.89. The zero-order valence-electron chi connectivity index (χ0n) is 14.5. The van der Waals surface area contributed by atoms with Crippen molar-refractivity contribution in [3.8, 4) is 0 Å². The van der Waals surface area contributed by atoms with Gasteiger partial charge in [0, 0.05) is 19.3 Å². The maximum absolute atomic E-state index is 4.64. The van der Waals surface area contributed by atoms with Crippen molar-refractivity contribution in [2.24, 2.45) is 7.05 Å². The van der Waals surface area contributed by atoms with E-state index in [2.05, 4.69) is 42.7 Å². The van der Waals surface area contributed by atoms with Gasteiger partial charge in [0.2, 0.25) is 0 Å². The molecule has 0 bridgehead atoms. The Morgan fingerprint density at radius 3 is 2.88 bits per heavy atom. The van der Waals surface area contributed by atoms with Crippen LogP contribution >= 0.6 is 0 Å². The number of hydrogen-bond acceptors (Lipinski definition) is 5. The van der Waals surface area contributed by atoms with E-state index in [1.54, 1.807) is 11.0 Å². The first-order chi connectivity index (χ1) is 11.6. The second-order valence-electron chi connectivity index (χ2n) is 6.65. The Bertz CT molecular complexity index is 863. The first kappa shape index (κ1) is 15.1. The molecule has 126 valence electrons. The lowest BCUT2D eigenvalue weighted by molar-refractivity contribution is 0.393. The van der Waals surface area contributed by atoms with Crippen LogP contribution in [0.3, 0.4) is 0 Å². The molecule has 0 amide bonds. The van der Waals surface area contributed by atoms with Crippen molar-refractivity contribution in [2.45, 2.75) is 45.7 Å². The van der Waals surface area contributed by atoms with Crippen molar-refractivity contribution in [1.29, 1.82) is 0 Å². The number of aromatic nitrogens is 6. The zero-order valence-corrected chi connectivity index (χ0v) is 14.5. The van der Waals surface area contributed by atoms with Gasteiger partial charge in [-0.15, -0.1) is 0 Å². The molecule has 4 heterocycles. The Hall–Kier alpha value is -2.44. The lowest BCUT2D eigenvalue weighted by Gasteiger charge is -2.37. The number of nitrogens with zero attached hydrogens (tertiary/aromatic N) is 7. The van der Waals surface area contributed by atoms with Gasteiger partial charge in [-0.05, 0) is 39.2 Å². The molecule has 1 saturated heterocycles. The highest BCUT2D eigenvalue weighted by molar-refractivity contribution is 5.86. The highest BCUT2D eigenvalue weighted by Crippen LogP contribution is 2.29. The molecule has 1 fully saturated rings. The van der Waals surface area contributed by atoms with E-state index in [-0.39, 0.29) is 0 Å². The molecule has 0 N–H and O–H groups in total. The van der Waals surface area contributed by atoms with Gasteiger partial charge in [-0.2, -0.15) is 10.2 Å². The summed E-state index contributed by atoms with van der Waals surface area (Å²) in [5.41, 5.74) is 3.18. The Morgan fingerprint density at radius 2 is 2.08 bits per heavy atom. The first-order valence-electron chi connectivity index (χ1n) is 8.54. The molecule has 3 aromatic rings. The molecule has 0 aromatic carbocycles. The van der Waals surface area contributed by atoms with Gasteiger partial charge in [0.25, 0.3) is 0 Å². The molecule has 1 atom stereocenters. The van der Waals surface area contributed by atoms with Gasteiger partial charge < -0.3 is 4.90 Å². The van der Waals surface area contributed by atoms with Crippen LogP contribution in [-0.4, -0.2) is 42.1 Å². The van der Waals surface area contributed by atoms with E-state index in [1.165, 1.54) is 18.5 Å². The largest absolute Gasteiger partial charge is 0.351 e. The number of rotatable bonds is 3. The molecule has 0 unspecified atom stereocenters. The monoisotopic (exact) mass is 325 g/mol. The molecule has 0 spiro atoms. The van der Waals surface area contributed by atoms with E-state index < -0.39 is 0 Å². The average Bonchev–Trinajstić information content (AvgIpc) is 3.11. The second-order valence-corrected chi connectivity index (χ2v) is 6.65. The van der Waals surface area contributed by atoms with Crippen LogP contribution in [0.5, 0.6) is 0 Å². The minimum atomic E-state index is 0.398. The second kappa shape index (κ2) is 5.89. The number of hydrogen-bond donors (Lipinski definition) is 0. The Kier molecular flexibility index (Phi) is 3.70. The van der Waals surface area contributed by atoms with Gasteiger partial charge in [0.15, 0.2) is 5.65 Å². The third-order valence-electron chi connectivity index (χ3n) is 4.89. The van der Waals surface area contributed by atoms with E-state index in [1.807, 2.05) is 20.2 Å². The van der Waals surface area contributed by atoms with Crippen LogP contribution in [0.25, 0.3) is 11.0 Å². The SMILES string of the molecule is Cc1cc(C)n(C[C@@H]2CCCCN2c2ncnc3c2cnn3C)n1. The van der Waals surface area contributed by atoms with Gasteiger partial charge in [-0.25, -0.2) is 9.97 Å². The third kappa shape index (κ3) is 2.53. The summed E-state index contributed by atoms with van der Waals surface area (Å²) in [6.07, 6.45) is 7.12. The number of anilines is 1. The number of aryl methyl sites for hydroxylation is 3. The quantitative estimate of drug-likeness (QED) is 0.739. The van der Waals surface area contributed by atoms with Crippen molar-refractivity contribution in [3.63, 3.8) is 0 Å². The first-order valence-corrected chi connectivity index (χ1v) is 8.54. The molecule has 1 aliphatic heterocycles. The average molecular weight is 325 g/mol. The summed E-state index contributed by atoms with van der Waals surface area (Å²) >= 11 is 0. The predicted molar refractivity (Wildman–Crippen MR) is 93.0 cm³/mol. The molecule has 1 aliphatic rings. The maximum Gasteiger partial charge on any atom is 0.163 e. The van der Waals surface area contributed by atoms with Crippen LogP contribution in [0.15, 0.2) is 18.6 Å². The molecule has 0 saturated carbocycles. The van der Waals surface area contributed by atoms with Crippen molar-refractivity contribution in [1.82, 2.24) is 29.5 Å². The topological polar surface area (TPSA) is 64.7 Å². The molecule has 0 radical (unpaired) electrons. The van der Waals surface area contributed by atoms with E-state index >= 15 is 0 Å². The van der Waals surface area contributed by atoms with Gasteiger partial charge >= 0.3 is 0 Å². The van der Waals surface area contributed by atoms with E-state index in [0.717, 1.165) is 42.1 Å². The van der Waals surface area contributed by atoms with Crippen molar-refractivity contribution < 1.29 is 0 Å². The van der Waals surface area contributed by atoms with Gasteiger partial charge in [0.05, 0.1) is 29.9 Å². The van der Waals surface area contributed by atoms with Gasteiger partial charge in [0.1, 0.15) is 12.1 Å². The summed E-state index contributed by atoms with van der Waals surface area (Å²) in [5.74, 6) is 0.999. The van der Waals surface area contributed by atoms with Crippen LogP contribution < -0.4 is 4.90 Å². The van der Waals surface area contributed by atoms with Gasteiger partial charge in [-0.1, -0.05) is 0 Å². The fraction of sp³-hybridized carbons (Fsp3) is 0.529. The highest BCUT2D eigenvalue weighted by atomic mass is 15.3. The van der Waals surface area contributed by atoms with Crippen LogP contribution in [0.4, 0.5) is 5.82 Å². The predicted octanol–water partition coefficient (Wildman–Crippen LogP) is 2.24. The number of fused-ring (bicyclic) bond motifs is 1. The Labute approximate surface area is 141 Å². The normalized spacial score (nSPS) is 18.5. The minimum absolute atomic E-state index is 0.398. The molecule has 0 aliphatic carbocycles. The van der Waals surface area contributed by atoms with Crippen molar-refractivity contribution in [3.05, 3.63) is 30.0 Å². The molecule has 7 nitrogen and oxygen atoms in total. The Morgan fingerprint density at radius 1 is 1.21 bits per heavy atom. The fourth-order valence-electron chi connectivity index (χ4n) is 3.71. The summed E-state index contributed by atoms with van der Waals surface area (Å²) in [6.45, 7) is 6.08. The fourth-order valence-corrected chi connectivity index (χ4v) is 3.71. The van der Waals surface area contributed by atoms with E-state index in [0.29, 0.717) is 6.04 Å². The summed E-state index contributed by atoms with van der Waals surface area (Å²) in [6, 6.07) is 2.53. The smallest absolute Gasteiger partial charge is 0.163 e. The highest BCUT2D eigenvalue weighted by Gasteiger charge is 2.26. The molecule has 3 aromatic heterocycles. The van der Waals surface area contributed by atoms with Gasteiger partial charge in [-0.3, -0.25) is 9.36 Å². The summed E-state index contributed by atoms with van der Waals surface area (Å²) in [5, 5.41) is 10.0. The summed E-state index contributed by atoms with van der Waals surface area (Å²) in [4.78, 5) is 11.4. The molecule has 24 heavy (non-hydrogen) atoms. The molecule has 4 rings (SSSR count). The lowest BCUT2D eigenvalue weighted by Crippen LogP contribution is -2.43.